The van der Waals surface area contributed by atoms with Gasteiger partial charge < -0.3 is 15.3 Å². The minimum atomic E-state index is -0.172. The van der Waals surface area contributed by atoms with Crippen molar-refractivity contribution in [3.8, 4) is 5.75 Å². The van der Waals surface area contributed by atoms with E-state index in [1.165, 1.54) is 6.07 Å². The number of likely N-dealkylation sites (N-methyl/N-ethyl adjacent to an activating group) is 1. The van der Waals surface area contributed by atoms with Crippen LogP contribution in [0.4, 0.5) is 4.39 Å². The Balaban J connectivity index is 0.00000171. The Labute approximate surface area is 209 Å². The third kappa shape index (κ3) is 6.96. The zero-order valence-electron chi connectivity index (χ0n) is 18.6. The molecular formula is C24H35Cl3FN3O. The molecular weight excluding hydrogens is 472 g/mol. The van der Waals surface area contributed by atoms with E-state index in [1.807, 2.05) is 18.2 Å². The van der Waals surface area contributed by atoms with Crippen LogP contribution in [0.2, 0.25) is 0 Å². The van der Waals surface area contributed by atoms with Crippen molar-refractivity contribution in [1.82, 2.24) is 15.1 Å². The highest BCUT2D eigenvalue weighted by Crippen LogP contribution is 2.39. The molecule has 2 aliphatic rings. The number of hydrogen-bond acceptors (Lipinski definition) is 4. The maximum absolute atomic E-state index is 13.8. The Kier molecular flexibility index (Phi) is 11.7. The second kappa shape index (κ2) is 13.0. The second-order valence-corrected chi connectivity index (χ2v) is 8.70. The van der Waals surface area contributed by atoms with E-state index in [1.54, 1.807) is 12.1 Å². The summed E-state index contributed by atoms with van der Waals surface area (Å²) in [5.74, 6) is 0.197. The van der Waals surface area contributed by atoms with Gasteiger partial charge in [-0.1, -0.05) is 31.0 Å². The highest BCUT2D eigenvalue weighted by molar-refractivity contribution is 5.86. The monoisotopic (exact) mass is 505 g/mol. The number of rotatable bonds is 6. The summed E-state index contributed by atoms with van der Waals surface area (Å²) in [7, 11) is 2.15. The maximum atomic E-state index is 13.8. The largest absolute Gasteiger partial charge is 0.508 e. The molecule has 0 unspecified atom stereocenters. The van der Waals surface area contributed by atoms with E-state index in [4.69, 9.17) is 0 Å². The number of halogens is 4. The minimum Gasteiger partial charge on any atom is -0.508 e. The Morgan fingerprint density at radius 3 is 2.31 bits per heavy atom. The summed E-state index contributed by atoms with van der Waals surface area (Å²) in [5.41, 5.74) is 3.04. The van der Waals surface area contributed by atoms with E-state index in [2.05, 4.69) is 28.2 Å². The number of nitrogens with zero attached hydrogens (tertiary/aromatic N) is 2. The summed E-state index contributed by atoms with van der Waals surface area (Å²) in [6.07, 6.45) is 4.38. The minimum absolute atomic E-state index is 0. The molecule has 180 valence electrons. The number of phenolic OH excluding ortho intramolecular Hbond substituents is 1. The van der Waals surface area contributed by atoms with Crippen LogP contribution in [0.15, 0.2) is 42.5 Å². The van der Waals surface area contributed by atoms with Crippen LogP contribution in [0.1, 0.15) is 42.4 Å². The molecule has 0 bridgehead atoms. The zero-order valence-corrected chi connectivity index (χ0v) is 21.0. The van der Waals surface area contributed by atoms with Crippen LogP contribution < -0.4 is 5.32 Å². The first-order chi connectivity index (χ1) is 14.0. The van der Waals surface area contributed by atoms with E-state index in [-0.39, 0.29) is 48.6 Å². The molecule has 4 rings (SSSR count). The van der Waals surface area contributed by atoms with Crippen molar-refractivity contribution in [2.75, 3.05) is 33.2 Å². The molecule has 2 aromatic rings. The van der Waals surface area contributed by atoms with Crippen molar-refractivity contribution in [3.63, 3.8) is 0 Å². The average Bonchev–Trinajstić information content (AvgIpc) is 3.20. The fraction of sp³-hybridized carbons (Fsp3) is 0.500. The highest BCUT2D eigenvalue weighted by Gasteiger charge is 2.35. The van der Waals surface area contributed by atoms with Gasteiger partial charge in [0.2, 0.25) is 0 Å². The van der Waals surface area contributed by atoms with Crippen molar-refractivity contribution < 1.29 is 9.50 Å². The van der Waals surface area contributed by atoms with Crippen molar-refractivity contribution in [3.05, 3.63) is 65.0 Å². The summed E-state index contributed by atoms with van der Waals surface area (Å²) < 4.78 is 13.8. The quantitative estimate of drug-likeness (QED) is 0.571. The van der Waals surface area contributed by atoms with Gasteiger partial charge in [0.05, 0.1) is 0 Å². The Morgan fingerprint density at radius 2 is 1.66 bits per heavy atom. The van der Waals surface area contributed by atoms with Crippen molar-refractivity contribution >= 4 is 37.2 Å². The molecule has 1 saturated heterocycles. The lowest BCUT2D eigenvalue weighted by Gasteiger charge is -2.33. The first kappa shape index (κ1) is 29.0. The zero-order chi connectivity index (χ0) is 20.3. The van der Waals surface area contributed by atoms with Gasteiger partial charge in [-0.25, -0.2) is 4.39 Å². The highest BCUT2D eigenvalue weighted by atomic mass is 35.5. The topological polar surface area (TPSA) is 38.7 Å². The lowest BCUT2D eigenvalue weighted by Crippen LogP contribution is -2.43. The first-order valence-electron chi connectivity index (χ1n) is 10.8. The lowest BCUT2D eigenvalue weighted by molar-refractivity contribution is 0.147. The molecule has 0 amide bonds. The average molecular weight is 507 g/mol. The van der Waals surface area contributed by atoms with Gasteiger partial charge in [-0.2, -0.15) is 0 Å². The SMILES string of the molecule is CN1CCN(Cc2cc(CNC3(c4cccc(F)c4)CCCC3)ccc2O)CC1.Cl.Cl.Cl. The molecule has 1 aliphatic carbocycles. The molecule has 0 radical (unpaired) electrons. The number of phenols is 1. The summed E-state index contributed by atoms with van der Waals surface area (Å²) in [5, 5.41) is 14.1. The van der Waals surface area contributed by atoms with E-state index < -0.39 is 0 Å². The number of nitrogens with one attached hydrogen (secondary N) is 1. The number of benzene rings is 2. The van der Waals surface area contributed by atoms with Crippen LogP contribution in [0, 0.1) is 5.82 Å². The van der Waals surface area contributed by atoms with Gasteiger partial charge in [-0.3, -0.25) is 4.90 Å². The molecule has 1 saturated carbocycles. The lowest BCUT2D eigenvalue weighted by atomic mass is 9.87. The van der Waals surface area contributed by atoms with Gasteiger partial charge >= 0.3 is 0 Å². The molecule has 8 heteroatoms. The normalized spacial score (nSPS) is 18.3. The third-order valence-corrected chi connectivity index (χ3v) is 6.60. The summed E-state index contributed by atoms with van der Waals surface area (Å²) in [6, 6.07) is 13.0. The molecule has 0 atom stereocenters. The summed E-state index contributed by atoms with van der Waals surface area (Å²) in [4.78, 5) is 4.74. The molecule has 0 aromatic heterocycles. The van der Waals surface area contributed by atoms with Gasteiger partial charge in [-0.15, -0.1) is 37.2 Å². The Bertz CT molecular complexity index is 841. The molecule has 4 nitrogen and oxygen atoms in total. The number of piperazine rings is 1. The molecule has 2 aromatic carbocycles. The number of hydrogen-bond donors (Lipinski definition) is 2. The molecule has 1 aliphatic heterocycles. The predicted octanol–water partition coefficient (Wildman–Crippen LogP) is 5.10. The van der Waals surface area contributed by atoms with Crippen LogP contribution in [0.3, 0.4) is 0 Å². The Morgan fingerprint density at radius 1 is 0.969 bits per heavy atom. The fourth-order valence-electron chi connectivity index (χ4n) is 4.73. The van der Waals surface area contributed by atoms with Gasteiger partial charge in [0.15, 0.2) is 0 Å². The smallest absolute Gasteiger partial charge is 0.123 e. The first-order valence-corrected chi connectivity index (χ1v) is 10.8. The van der Waals surface area contributed by atoms with E-state index in [0.29, 0.717) is 12.3 Å². The second-order valence-electron chi connectivity index (χ2n) is 8.70. The van der Waals surface area contributed by atoms with Gasteiger partial charge in [0.25, 0.3) is 0 Å². The molecule has 2 fully saturated rings. The van der Waals surface area contributed by atoms with Crippen LogP contribution in [0.5, 0.6) is 5.75 Å². The van der Waals surface area contributed by atoms with Gasteiger partial charge in [0.1, 0.15) is 11.6 Å². The van der Waals surface area contributed by atoms with Crippen molar-refractivity contribution in [1.29, 1.82) is 0 Å². The van der Waals surface area contributed by atoms with Gasteiger partial charge in [-0.05, 0) is 55.3 Å². The number of aromatic hydroxyl groups is 1. The summed E-state index contributed by atoms with van der Waals surface area (Å²) in [6.45, 7) is 5.69. The maximum Gasteiger partial charge on any atom is 0.123 e. The predicted molar refractivity (Wildman–Crippen MR) is 136 cm³/mol. The third-order valence-electron chi connectivity index (χ3n) is 6.60. The van der Waals surface area contributed by atoms with Gasteiger partial charge in [0, 0.05) is 50.4 Å². The van der Waals surface area contributed by atoms with E-state index >= 15 is 0 Å². The van der Waals surface area contributed by atoms with Crippen LogP contribution in [-0.2, 0) is 18.6 Å². The Hall–Kier alpha value is -1.08. The molecule has 1 heterocycles. The van der Waals surface area contributed by atoms with E-state index in [0.717, 1.165) is 75.1 Å². The summed E-state index contributed by atoms with van der Waals surface area (Å²) >= 11 is 0. The molecule has 32 heavy (non-hydrogen) atoms. The molecule has 2 N–H and O–H groups in total. The van der Waals surface area contributed by atoms with Crippen molar-refractivity contribution in [2.24, 2.45) is 0 Å². The molecule has 0 spiro atoms. The van der Waals surface area contributed by atoms with Crippen LogP contribution in [-0.4, -0.2) is 48.1 Å². The van der Waals surface area contributed by atoms with E-state index in [9.17, 15) is 9.50 Å². The van der Waals surface area contributed by atoms with Crippen LogP contribution in [0.25, 0.3) is 0 Å². The van der Waals surface area contributed by atoms with Crippen LogP contribution >= 0.6 is 37.2 Å². The van der Waals surface area contributed by atoms with Crippen molar-refractivity contribution in [2.45, 2.75) is 44.3 Å². The fourth-order valence-corrected chi connectivity index (χ4v) is 4.73. The standard InChI is InChI=1S/C24H32FN3O.3ClH/c1-27-11-13-28(14-12-27)18-20-15-19(7-8-23(20)29)17-26-24(9-2-3-10-24)21-5-4-6-22(25)16-21;;;/h4-8,15-16,26,29H,2-3,9-14,17-18H2,1H3;3*1H.